The van der Waals surface area contributed by atoms with Crippen LogP contribution < -0.4 is 0 Å². The molecule has 1 aliphatic heterocycles. The monoisotopic (exact) mass is 320 g/mol. The molecular weight excluding hydrogens is 307 g/mol. The number of ether oxygens (including phenoxy) is 2. The molecule has 1 aromatic rings. The van der Waals surface area contributed by atoms with Crippen LogP contribution in [0.1, 0.15) is 11.9 Å². The van der Waals surface area contributed by atoms with E-state index in [0.29, 0.717) is 13.2 Å². The van der Waals surface area contributed by atoms with Crippen molar-refractivity contribution in [1.29, 1.82) is 0 Å². The average molecular weight is 320 g/mol. The van der Waals surface area contributed by atoms with Gasteiger partial charge in [-0.25, -0.2) is 0 Å². The number of rotatable bonds is 2. The van der Waals surface area contributed by atoms with Gasteiger partial charge in [0, 0.05) is 5.56 Å². The minimum atomic E-state index is -0.291. The van der Waals surface area contributed by atoms with Gasteiger partial charge in [0.1, 0.15) is 0 Å². The normalized spacial score (nSPS) is 31.5. The topological polar surface area (TPSA) is 38.7 Å². The number of benzene rings is 1. The summed E-state index contributed by atoms with van der Waals surface area (Å²) in [6, 6.07) is 9.83. The Morgan fingerprint density at radius 3 is 2.40 bits per heavy atom. The van der Waals surface area contributed by atoms with E-state index in [4.69, 9.17) is 14.6 Å². The molecular formula is C11H13IO3. The van der Waals surface area contributed by atoms with Gasteiger partial charge in [0.2, 0.25) is 0 Å². The Morgan fingerprint density at radius 2 is 1.87 bits per heavy atom. The van der Waals surface area contributed by atoms with Gasteiger partial charge in [-0.05, 0) is 0 Å². The van der Waals surface area contributed by atoms with Crippen LogP contribution in [0, 0.1) is 0 Å². The molecule has 4 heteroatoms. The average Bonchev–Trinajstić information content (AvgIpc) is 2.31. The Balaban J connectivity index is 2.00. The molecule has 1 heterocycles. The summed E-state index contributed by atoms with van der Waals surface area (Å²) in [7, 11) is 0. The van der Waals surface area contributed by atoms with Crippen molar-refractivity contribution in [3.8, 4) is 0 Å². The molecule has 1 N–H and O–H groups in total. The molecule has 1 fully saturated rings. The van der Waals surface area contributed by atoms with E-state index in [-0.39, 0.29) is 16.3 Å². The predicted octanol–water partition coefficient (Wildman–Crippen LogP) is 1.90. The summed E-state index contributed by atoms with van der Waals surface area (Å²) < 4.78 is 10.9. The van der Waals surface area contributed by atoms with Gasteiger partial charge >= 0.3 is 0 Å². The molecule has 0 radical (unpaired) electrons. The van der Waals surface area contributed by atoms with Gasteiger partial charge in [0.05, 0.1) is 23.2 Å². The highest BCUT2D eigenvalue weighted by Gasteiger charge is 2.34. The fourth-order valence-electron chi connectivity index (χ4n) is 1.43. The molecule has 15 heavy (non-hydrogen) atoms. The molecule has 0 bridgehead atoms. The van der Waals surface area contributed by atoms with Crippen molar-refractivity contribution in [3.05, 3.63) is 35.9 Å². The van der Waals surface area contributed by atoms with Crippen molar-refractivity contribution in [3.63, 3.8) is 0 Å². The smallest absolute Gasteiger partial charge is 0.183 e. The molecule has 2 rings (SSSR count). The SMILES string of the molecule is OCC1(I)COC(c2ccccc2)OC1. The standard InChI is InChI=1S/C11H13IO3/c12-11(6-13)7-14-10(15-8-11)9-4-2-1-3-5-9/h1-5,10,13H,6-8H2. The molecule has 0 spiro atoms. The highest BCUT2D eigenvalue weighted by Crippen LogP contribution is 2.31. The molecule has 0 unspecified atom stereocenters. The fourth-order valence-corrected chi connectivity index (χ4v) is 1.79. The van der Waals surface area contributed by atoms with Crippen molar-refractivity contribution in [1.82, 2.24) is 0 Å². The number of alkyl halides is 1. The van der Waals surface area contributed by atoms with Crippen LogP contribution in [0.15, 0.2) is 30.3 Å². The van der Waals surface area contributed by atoms with Gasteiger partial charge in [-0.3, -0.25) is 0 Å². The van der Waals surface area contributed by atoms with Crippen molar-refractivity contribution in [2.24, 2.45) is 0 Å². The second-order valence-electron chi connectivity index (χ2n) is 3.67. The minimum Gasteiger partial charge on any atom is -0.395 e. The van der Waals surface area contributed by atoms with E-state index in [1.165, 1.54) is 0 Å². The van der Waals surface area contributed by atoms with Gasteiger partial charge in [0.15, 0.2) is 6.29 Å². The van der Waals surface area contributed by atoms with Gasteiger partial charge < -0.3 is 14.6 Å². The molecule has 0 atom stereocenters. The lowest BCUT2D eigenvalue weighted by Crippen LogP contribution is -2.42. The zero-order chi connectivity index (χ0) is 10.7. The Hall–Kier alpha value is -0.170. The number of aliphatic hydroxyl groups excluding tert-OH is 1. The minimum absolute atomic E-state index is 0.0784. The van der Waals surface area contributed by atoms with E-state index in [2.05, 4.69) is 22.6 Å². The van der Waals surface area contributed by atoms with Crippen LogP contribution >= 0.6 is 22.6 Å². The summed E-state index contributed by atoms with van der Waals surface area (Å²) in [5.74, 6) is 0. The fraction of sp³-hybridized carbons (Fsp3) is 0.455. The van der Waals surface area contributed by atoms with Crippen LogP contribution in [-0.2, 0) is 9.47 Å². The molecule has 3 nitrogen and oxygen atoms in total. The number of hydrogen-bond donors (Lipinski definition) is 1. The molecule has 82 valence electrons. The molecule has 0 aliphatic carbocycles. The summed E-state index contributed by atoms with van der Waals surface area (Å²) in [6.07, 6.45) is -0.291. The molecule has 0 amide bonds. The highest BCUT2D eigenvalue weighted by atomic mass is 127. The van der Waals surface area contributed by atoms with Gasteiger partial charge in [-0.1, -0.05) is 52.9 Å². The Morgan fingerprint density at radius 1 is 1.27 bits per heavy atom. The van der Waals surface area contributed by atoms with E-state index in [1.807, 2.05) is 30.3 Å². The Bertz CT molecular complexity index is 307. The summed E-state index contributed by atoms with van der Waals surface area (Å²) >= 11 is 2.18. The van der Waals surface area contributed by atoms with Crippen molar-refractivity contribution < 1.29 is 14.6 Å². The van der Waals surface area contributed by atoms with E-state index >= 15 is 0 Å². The Kier molecular flexibility index (Phi) is 3.60. The lowest BCUT2D eigenvalue weighted by Gasteiger charge is -2.34. The van der Waals surface area contributed by atoms with Gasteiger partial charge in [0.25, 0.3) is 0 Å². The number of aliphatic hydroxyl groups is 1. The zero-order valence-corrected chi connectivity index (χ0v) is 10.4. The van der Waals surface area contributed by atoms with Crippen molar-refractivity contribution in [2.75, 3.05) is 19.8 Å². The van der Waals surface area contributed by atoms with Crippen LogP contribution in [0.2, 0.25) is 0 Å². The predicted molar refractivity (Wildman–Crippen MR) is 64.9 cm³/mol. The maximum atomic E-state index is 9.14. The van der Waals surface area contributed by atoms with Crippen LogP contribution in [0.3, 0.4) is 0 Å². The largest absolute Gasteiger partial charge is 0.395 e. The van der Waals surface area contributed by atoms with Crippen LogP contribution in [0.4, 0.5) is 0 Å². The van der Waals surface area contributed by atoms with E-state index < -0.39 is 0 Å². The first-order valence-corrected chi connectivity index (χ1v) is 5.89. The summed E-state index contributed by atoms with van der Waals surface area (Å²) in [4.78, 5) is 0. The molecule has 1 aromatic carbocycles. The third-order valence-corrected chi connectivity index (χ3v) is 3.31. The van der Waals surface area contributed by atoms with Gasteiger partial charge in [-0.2, -0.15) is 0 Å². The van der Waals surface area contributed by atoms with Crippen LogP contribution in [-0.4, -0.2) is 28.3 Å². The first-order chi connectivity index (χ1) is 7.23. The van der Waals surface area contributed by atoms with Crippen LogP contribution in [0.5, 0.6) is 0 Å². The highest BCUT2D eigenvalue weighted by molar-refractivity contribution is 14.1. The molecule has 1 saturated heterocycles. The number of halogens is 1. The Labute approximate surface area is 103 Å². The first kappa shape index (κ1) is 11.3. The van der Waals surface area contributed by atoms with Crippen LogP contribution in [0.25, 0.3) is 0 Å². The van der Waals surface area contributed by atoms with Gasteiger partial charge in [-0.15, -0.1) is 0 Å². The summed E-state index contributed by atoms with van der Waals surface area (Å²) in [5.41, 5.74) is 1.02. The van der Waals surface area contributed by atoms with E-state index in [1.54, 1.807) is 0 Å². The maximum Gasteiger partial charge on any atom is 0.183 e. The maximum absolute atomic E-state index is 9.14. The first-order valence-electron chi connectivity index (χ1n) is 4.81. The van der Waals surface area contributed by atoms with E-state index in [9.17, 15) is 0 Å². The quantitative estimate of drug-likeness (QED) is 0.668. The molecule has 1 aliphatic rings. The lowest BCUT2D eigenvalue weighted by atomic mass is 10.1. The third kappa shape index (κ3) is 2.69. The second-order valence-corrected chi connectivity index (χ2v) is 5.96. The number of hydrogen-bond acceptors (Lipinski definition) is 3. The van der Waals surface area contributed by atoms with Crippen molar-refractivity contribution >= 4 is 22.6 Å². The van der Waals surface area contributed by atoms with E-state index in [0.717, 1.165) is 5.56 Å². The zero-order valence-electron chi connectivity index (χ0n) is 8.23. The summed E-state index contributed by atoms with van der Waals surface area (Å²) in [5, 5.41) is 9.14. The molecule has 0 saturated carbocycles. The lowest BCUT2D eigenvalue weighted by molar-refractivity contribution is -0.197. The second kappa shape index (κ2) is 4.78. The summed E-state index contributed by atoms with van der Waals surface area (Å²) in [6.45, 7) is 1.11. The van der Waals surface area contributed by atoms with Crippen molar-refractivity contribution in [2.45, 2.75) is 9.71 Å². The molecule has 0 aromatic heterocycles. The third-order valence-electron chi connectivity index (χ3n) is 2.34.